The van der Waals surface area contributed by atoms with E-state index in [4.69, 9.17) is 9.84 Å². The van der Waals surface area contributed by atoms with E-state index < -0.39 is 0 Å². The van der Waals surface area contributed by atoms with Gasteiger partial charge in [0.15, 0.2) is 0 Å². The first kappa shape index (κ1) is 20.2. The van der Waals surface area contributed by atoms with Crippen molar-refractivity contribution >= 4 is 11.7 Å². The number of aromatic nitrogens is 2. The van der Waals surface area contributed by atoms with E-state index in [1.165, 1.54) is 5.56 Å². The summed E-state index contributed by atoms with van der Waals surface area (Å²) in [4.78, 5) is 18.2. The molecule has 3 aromatic rings. The highest BCUT2D eigenvalue weighted by Crippen LogP contribution is 2.27. The maximum absolute atomic E-state index is 12.1. The average molecular weight is 409 g/mol. The number of aliphatic hydroxyl groups is 1. The van der Waals surface area contributed by atoms with E-state index in [0.29, 0.717) is 26.1 Å². The number of aryl methyl sites for hydroxylation is 1. The first-order chi connectivity index (χ1) is 14.7. The topological polar surface area (TPSA) is 79.1 Å². The third-order valence-corrected chi connectivity index (χ3v) is 5.63. The highest BCUT2D eigenvalue weighted by atomic mass is 16.5. The Kier molecular flexibility index (Phi) is 6.18. The summed E-state index contributed by atoms with van der Waals surface area (Å²) >= 11 is 0. The second-order valence-electron chi connectivity index (χ2n) is 7.63. The van der Waals surface area contributed by atoms with Gasteiger partial charge in [0.25, 0.3) is 0 Å². The van der Waals surface area contributed by atoms with Gasteiger partial charge in [0, 0.05) is 62.7 Å². The number of pyridine rings is 1. The summed E-state index contributed by atoms with van der Waals surface area (Å²) in [5, 5.41) is 11.6. The molecule has 0 aliphatic carbocycles. The first-order valence-electron chi connectivity index (χ1n) is 10.5. The zero-order valence-electron chi connectivity index (χ0n) is 17.3. The highest BCUT2D eigenvalue weighted by Gasteiger charge is 2.23. The summed E-state index contributed by atoms with van der Waals surface area (Å²) in [6, 6.07) is 12.3. The summed E-state index contributed by atoms with van der Waals surface area (Å²) < 4.78 is 8.24. The van der Waals surface area contributed by atoms with Crippen LogP contribution in [0, 0.1) is 6.92 Å². The summed E-state index contributed by atoms with van der Waals surface area (Å²) in [6.45, 7) is 4.05. The second-order valence-corrected chi connectivity index (χ2v) is 7.63. The van der Waals surface area contributed by atoms with Crippen molar-refractivity contribution in [3.63, 3.8) is 0 Å². The van der Waals surface area contributed by atoms with Gasteiger partial charge < -0.3 is 24.5 Å². The van der Waals surface area contributed by atoms with Gasteiger partial charge in [-0.25, -0.2) is 9.78 Å². The molecule has 0 unspecified atom stereocenters. The second kappa shape index (κ2) is 9.17. The van der Waals surface area contributed by atoms with Gasteiger partial charge in [-0.05, 0) is 43.2 Å². The summed E-state index contributed by atoms with van der Waals surface area (Å²) in [6.07, 6.45) is 6.10. The van der Waals surface area contributed by atoms with Crippen molar-refractivity contribution in [1.29, 1.82) is 0 Å². The van der Waals surface area contributed by atoms with Gasteiger partial charge in [0.05, 0.1) is 0 Å². The maximum atomic E-state index is 12.1. The molecule has 7 heteroatoms. The van der Waals surface area contributed by atoms with E-state index in [1.54, 1.807) is 0 Å². The van der Waals surface area contributed by atoms with Crippen molar-refractivity contribution < 1.29 is 14.6 Å². The van der Waals surface area contributed by atoms with E-state index in [0.717, 1.165) is 35.5 Å². The third kappa shape index (κ3) is 4.41. The Morgan fingerprint density at radius 3 is 2.70 bits per heavy atom. The number of nitrogens with one attached hydrogen (secondary N) is 1. The lowest BCUT2D eigenvalue weighted by Crippen LogP contribution is -2.46. The number of carbonyl (C=O) groups is 1. The number of fused-ring (bicyclic) bond motifs is 1. The van der Waals surface area contributed by atoms with E-state index in [9.17, 15) is 4.79 Å². The Bertz CT molecular complexity index is 991. The molecule has 4 rings (SSSR count). The normalized spacial score (nSPS) is 14.8. The lowest BCUT2D eigenvalue weighted by Gasteiger charge is -2.32. The molecule has 1 fully saturated rings. The molecule has 2 N–H and O–H groups in total. The fraction of sp³-hybridized carbons (Fsp3) is 0.391. The minimum atomic E-state index is -0.0588. The number of benzene rings is 1. The van der Waals surface area contributed by atoms with Crippen molar-refractivity contribution in [3.8, 4) is 16.9 Å². The maximum Gasteiger partial charge on any atom is 0.317 e. The number of rotatable bonds is 6. The molecule has 0 spiro atoms. The first-order valence-corrected chi connectivity index (χ1v) is 10.5. The Hall–Kier alpha value is -3.06. The van der Waals surface area contributed by atoms with Crippen molar-refractivity contribution in [2.24, 2.45) is 0 Å². The van der Waals surface area contributed by atoms with Crippen molar-refractivity contribution in [2.45, 2.75) is 32.3 Å². The number of amides is 2. The van der Waals surface area contributed by atoms with Crippen LogP contribution in [-0.2, 0) is 0 Å². The Morgan fingerprint density at radius 1 is 1.20 bits per heavy atom. The van der Waals surface area contributed by atoms with E-state index >= 15 is 0 Å². The summed E-state index contributed by atoms with van der Waals surface area (Å²) in [7, 11) is 0. The Morgan fingerprint density at radius 2 is 1.97 bits per heavy atom. The number of ether oxygens (including phenoxy) is 1. The van der Waals surface area contributed by atoms with Crippen molar-refractivity contribution in [1.82, 2.24) is 19.6 Å². The standard InChI is InChI=1S/C23H28N4O3/c1-17-21(7-8-22-24-12-15-27(17)22)18-3-5-19(6-4-18)30-20-9-13-26(14-10-20)23(29)25-11-2-16-28/h3-8,12,15,20,28H,2,9-11,13-14,16H2,1H3,(H,25,29). The molecule has 1 aromatic carbocycles. The van der Waals surface area contributed by atoms with Crippen LogP contribution in [-0.4, -0.2) is 57.8 Å². The predicted molar refractivity (Wildman–Crippen MR) is 116 cm³/mol. The van der Waals surface area contributed by atoms with Crippen LogP contribution in [0.2, 0.25) is 0 Å². The molecule has 0 radical (unpaired) electrons. The number of nitrogens with zero attached hydrogens (tertiary/aromatic N) is 3. The number of likely N-dealkylation sites (tertiary alicyclic amines) is 1. The van der Waals surface area contributed by atoms with E-state index in [2.05, 4.69) is 39.8 Å². The lowest BCUT2D eigenvalue weighted by atomic mass is 10.0. The van der Waals surface area contributed by atoms with Gasteiger partial charge in [-0.2, -0.15) is 0 Å². The van der Waals surface area contributed by atoms with Crippen LogP contribution in [0.5, 0.6) is 5.75 Å². The quantitative estimate of drug-likeness (QED) is 0.614. The van der Waals surface area contributed by atoms with Gasteiger partial charge in [-0.1, -0.05) is 12.1 Å². The van der Waals surface area contributed by atoms with Gasteiger partial charge in [0.2, 0.25) is 0 Å². The average Bonchev–Trinajstić information content (AvgIpc) is 3.25. The van der Waals surface area contributed by atoms with Crippen LogP contribution in [0.3, 0.4) is 0 Å². The zero-order valence-corrected chi connectivity index (χ0v) is 17.3. The SMILES string of the molecule is Cc1c(-c2ccc(OC3CCN(C(=O)NCCCO)CC3)cc2)ccc2nccn12. The van der Waals surface area contributed by atoms with Crippen LogP contribution in [0.1, 0.15) is 25.0 Å². The zero-order chi connectivity index (χ0) is 20.9. The van der Waals surface area contributed by atoms with E-state index in [-0.39, 0.29) is 18.7 Å². The molecule has 1 aliphatic rings. The van der Waals surface area contributed by atoms with Gasteiger partial charge >= 0.3 is 6.03 Å². The van der Waals surface area contributed by atoms with Crippen molar-refractivity contribution in [3.05, 3.63) is 54.5 Å². The molecular weight excluding hydrogens is 380 g/mol. The molecule has 7 nitrogen and oxygen atoms in total. The van der Waals surface area contributed by atoms with Crippen LogP contribution in [0.4, 0.5) is 4.79 Å². The van der Waals surface area contributed by atoms with Gasteiger partial charge in [0.1, 0.15) is 17.5 Å². The number of urea groups is 1. The molecule has 0 saturated carbocycles. The summed E-state index contributed by atoms with van der Waals surface area (Å²) in [5.74, 6) is 0.853. The molecule has 0 atom stereocenters. The molecule has 30 heavy (non-hydrogen) atoms. The van der Waals surface area contributed by atoms with Crippen LogP contribution in [0.15, 0.2) is 48.8 Å². The number of hydrogen-bond acceptors (Lipinski definition) is 4. The molecule has 1 saturated heterocycles. The van der Waals surface area contributed by atoms with Crippen LogP contribution in [0.25, 0.3) is 16.8 Å². The van der Waals surface area contributed by atoms with Gasteiger partial charge in [-0.15, -0.1) is 0 Å². The third-order valence-electron chi connectivity index (χ3n) is 5.63. The fourth-order valence-corrected chi connectivity index (χ4v) is 3.90. The predicted octanol–water partition coefficient (Wildman–Crippen LogP) is 3.24. The minimum absolute atomic E-state index is 0.0588. The molecule has 1 aliphatic heterocycles. The van der Waals surface area contributed by atoms with Crippen molar-refractivity contribution in [2.75, 3.05) is 26.2 Å². The smallest absolute Gasteiger partial charge is 0.317 e. The van der Waals surface area contributed by atoms with Crippen LogP contribution >= 0.6 is 0 Å². The molecular formula is C23H28N4O3. The molecule has 3 heterocycles. The Labute approximate surface area is 176 Å². The highest BCUT2D eigenvalue weighted by molar-refractivity contribution is 5.74. The molecule has 2 aromatic heterocycles. The summed E-state index contributed by atoms with van der Waals surface area (Å²) in [5.41, 5.74) is 4.42. The number of hydrogen-bond donors (Lipinski definition) is 2. The number of aliphatic hydroxyl groups excluding tert-OH is 1. The fourth-order valence-electron chi connectivity index (χ4n) is 3.90. The lowest BCUT2D eigenvalue weighted by molar-refractivity contribution is 0.111. The monoisotopic (exact) mass is 408 g/mol. The molecule has 158 valence electrons. The minimum Gasteiger partial charge on any atom is -0.490 e. The Balaban J connectivity index is 1.33. The molecule has 2 amide bonds. The molecule has 0 bridgehead atoms. The largest absolute Gasteiger partial charge is 0.490 e. The van der Waals surface area contributed by atoms with Crippen LogP contribution < -0.4 is 10.1 Å². The number of piperidine rings is 1. The van der Waals surface area contributed by atoms with E-state index in [1.807, 2.05) is 35.5 Å². The number of imidazole rings is 1. The number of carbonyl (C=O) groups excluding carboxylic acids is 1. The van der Waals surface area contributed by atoms with Gasteiger partial charge in [-0.3, -0.25) is 0 Å².